The quantitative estimate of drug-likeness (QED) is 0.881. The van der Waals surface area contributed by atoms with Gasteiger partial charge in [-0.15, -0.1) is 0 Å². The van der Waals surface area contributed by atoms with Crippen LogP contribution in [0.25, 0.3) is 5.52 Å². The minimum absolute atomic E-state index is 0.456. The fourth-order valence-corrected chi connectivity index (χ4v) is 2.07. The number of aryl methyl sites for hydroxylation is 1. The number of rotatable bonds is 5. The van der Waals surface area contributed by atoms with Gasteiger partial charge >= 0.3 is 0 Å². The van der Waals surface area contributed by atoms with Crippen molar-refractivity contribution in [1.82, 2.24) is 14.7 Å². The van der Waals surface area contributed by atoms with Crippen LogP contribution in [0.1, 0.15) is 32.3 Å². The van der Waals surface area contributed by atoms with Crippen LogP contribution in [0.4, 0.5) is 0 Å². The molecule has 2 aromatic heterocycles. The zero-order chi connectivity index (χ0) is 13.1. The van der Waals surface area contributed by atoms with Gasteiger partial charge in [0.25, 0.3) is 0 Å². The number of hydrogen-bond donors (Lipinski definition) is 1. The predicted molar refractivity (Wildman–Crippen MR) is 73.1 cm³/mol. The Morgan fingerprint density at radius 2 is 2.17 bits per heavy atom. The van der Waals surface area contributed by atoms with E-state index in [-0.39, 0.29) is 0 Å². The van der Waals surface area contributed by atoms with Gasteiger partial charge < -0.3 is 10.1 Å². The van der Waals surface area contributed by atoms with E-state index in [1.165, 1.54) is 0 Å². The van der Waals surface area contributed by atoms with E-state index in [0.29, 0.717) is 6.04 Å². The summed E-state index contributed by atoms with van der Waals surface area (Å²) in [7, 11) is 1.69. The fraction of sp³-hybridized carbons (Fsp3) is 0.500. The second-order valence-electron chi connectivity index (χ2n) is 4.65. The van der Waals surface area contributed by atoms with Crippen molar-refractivity contribution in [1.29, 1.82) is 0 Å². The number of hydrogen-bond acceptors (Lipinski definition) is 3. The SMILES string of the molecule is CCc1nc(CNC(C)C)c2cccc(OC)n12. The normalized spacial score (nSPS) is 11.4. The third-order valence-corrected chi connectivity index (χ3v) is 2.98. The van der Waals surface area contributed by atoms with Crippen LogP contribution >= 0.6 is 0 Å². The molecule has 18 heavy (non-hydrogen) atoms. The van der Waals surface area contributed by atoms with Crippen molar-refractivity contribution in [2.24, 2.45) is 0 Å². The highest BCUT2D eigenvalue weighted by Gasteiger charge is 2.12. The molecule has 4 nitrogen and oxygen atoms in total. The van der Waals surface area contributed by atoms with Crippen LogP contribution in [-0.4, -0.2) is 22.5 Å². The Morgan fingerprint density at radius 3 is 2.78 bits per heavy atom. The number of aromatic nitrogens is 2. The summed E-state index contributed by atoms with van der Waals surface area (Å²) < 4.78 is 7.51. The zero-order valence-electron chi connectivity index (χ0n) is 11.5. The summed E-state index contributed by atoms with van der Waals surface area (Å²) in [5.41, 5.74) is 2.21. The van der Waals surface area contributed by atoms with E-state index >= 15 is 0 Å². The highest BCUT2D eigenvalue weighted by atomic mass is 16.5. The van der Waals surface area contributed by atoms with Crippen molar-refractivity contribution >= 4 is 5.52 Å². The van der Waals surface area contributed by atoms with Crippen LogP contribution in [0.2, 0.25) is 0 Å². The summed E-state index contributed by atoms with van der Waals surface area (Å²) in [6, 6.07) is 6.52. The molecule has 2 heterocycles. The minimum Gasteiger partial charge on any atom is -0.482 e. The molecule has 98 valence electrons. The summed E-state index contributed by atoms with van der Waals surface area (Å²) in [4.78, 5) is 4.71. The monoisotopic (exact) mass is 247 g/mol. The third kappa shape index (κ3) is 2.34. The molecule has 0 aliphatic carbocycles. The van der Waals surface area contributed by atoms with Gasteiger partial charge in [0.05, 0.1) is 18.3 Å². The predicted octanol–water partition coefficient (Wildman–Crippen LogP) is 2.40. The Hall–Kier alpha value is -1.55. The Morgan fingerprint density at radius 1 is 1.39 bits per heavy atom. The largest absolute Gasteiger partial charge is 0.482 e. The van der Waals surface area contributed by atoms with Gasteiger partial charge in [0.15, 0.2) is 5.88 Å². The molecule has 2 aromatic rings. The van der Waals surface area contributed by atoms with Crippen molar-refractivity contribution in [3.8, 4) is 5.88 Å². The van der Waals surface area contributed by atoms with Gasteiger partial charge in [0, 0.05) is 19.0 Å². The van der Waals surface area contributed by atoms with Crippen LogP contribution in [0.5, 0.6) is 5.88 Å². The highest BCUT2D eigenvalue weighted by Crippen LogP contribution is 2.21. The van der Waals surface area contributed by atoms with Crippen LogP contribution in [0, 0.1) is 0 Å². The topological polar surface area (TPSA) is 38.6 Å². The molecule has 0 unspecified atom stereocenters. The third-order valence-electron chi connectivity index (χ3n) is 2.98. The van der Waals surface area contributed by atoms with Crippen LogP contribution in [0.15, 0.2) is 18.2 Å². The lowest BCUT2D eigenvalue weighted by Gasteiger charge is -2.07. The summed E-state index contributed by atoms with van der Waals surface area (Å²) in [5, 5.41) is 3.41. The number of methoxy groups -OCH3 is 1. The maximum absolute atomic E-state index is 5.41. The average molecular weight is 247 g/mol. The van der Waals surface area contributed by atoms with Crippen molar-refractivity contribution in [3.63, 3.8) is 0 Å². The van der Waals surface area contributed by atoms with Crippen molar-refractivity contribution in [3.05, 3.63) is 29.7 Å². The molecule has 0 bridgehead atoms. The average Bonchev–Trinajstić information content (AvgIpc) is 2.74. The summed E-state index contributed by atoms with van der Waals surface area (Å²) in [6.45, 7) is 7.17. The Labute approximate surface area is 108 Å². The minimum atomic E-state index is 0.456. The van der Waals surface area contributed by atoms with Crippen LogP contribution in [0.3, 0.4) is 0 Å². The van der Waals surface area contributed by atoms with Gasteiger partial charge in [-0.05, 0) is 12.1 Å². The van der Waals surface area contributed by atoms with Crippen LogP contribution < -0.4 is 10.1 Å². The Bertz CT molecular complexity index is 531. The fourth-order valence-electron chi connectivity index (χ4n) is 2.07. The molecule has 0 aromatic carbocycles. The molecule has 0 saturated carbocycles. The van der Waals surface area contributed by atoms with E-state index in [1.54, 1.807) is 7.11 Å². The second kappa shape index (κ2) is 5.40. The van der Waals surface area contributed by atoms with Gasteiger partial charge in [-0.1, -0.05) is 26.8 Å². The molecule has 0 aliphatic heterocycles. The summed E-state index contributed by atoms with van der Waals surface area (Å²) >= 11 is 0. The first-order valence-corrected chi connectivity index (χ1v) is 6.44. The van der Waals surface area contributed by atoms with E-state index in [1.807, 2.05) is 12.1 Å². The number of imidazole rings is 1. The number of nitrogens with one attached hydrogen (secondary N) is 1. The molecule has 0 radical (unpaired) electrons. The van der Waals surface area contributed by atoms with Crippen molar-refractivity contribution in [2.75, 3.05) is 7.11 Å². The molecule has 0 atom stereocenters. The van der Waals surface area contributed by atoms with Gasteiger partial charge in [-0.3, -0.25) is 4.40 Å². The Balaban J connectivity index is 2.48. The first-order chi connectivity index (χ1) is 8.67. The maximum Gasteiger partial charge on any atom is 0.199 e. The maximum atomic E-state index is 5.41. The number of pyridine rings is 1. The van der Waals surface area contributed by atoms with E-state index < -0.39 is 0 Å². The first kappa shape index (κ1) is 12.9. The zero-order valence-corrected chi connectivity index (χ0v) is 11.5. The molecule has 0 aliphatic rings. The van der Waals surface area contributed by atoms with E-state index in [9.17, 15) is 0 Å². The van der Waals surface area contributed by atoms with Gasteiger partial charge in [-0.25, -0.2) is 4.98 Å². The lowest BCUT2D eigenvalue weighted by atomic mass is 10.3. The molecule has 4 heteroatoms. The molecule has 0 amide bonds. The highest BCUT2D eigenvalue weighted by molar-refractivity contribution is 5.55. The lowest BCUT2D eigenvalue weighted by molar-refractivity contribution is 0.390. The number of ether oxygens (including phenoxy) is 1. The van der Waals surface area contributed by atoms with Gasteiger partial charge in [0.1, 0.15) is 5.82 Å². The molecule has 0 saturated heterocycles. The first-order valence-electron chi connectivity index (χ1n) is 6.44. The van der Waals surface area contributed by atoms with Crippen molar-refractivity contribution in [2.45, 2.75) is 39.8 Å². The standard InChI is InChI=1S/C14H21N3O/c1-5-13-16-11(9-15-10(2)3)12-7-6-8-14(18-4)17(12)13/h6-8,10,15H,5,9H2,1-4H3. The van der Waals surface area contributed by atoms with E-state index in [2.05, 4.69) is 36.6 Å². The van der Waals surface area contributed by atoms with E-state index in [4.69, 9.17) is 9.72 Å². The smallest absolute Gasteiger partial charge is 0.199 e. The summed E-state index contributed by atoms with van der Waals surface area (Å²) in [6.07, 6.45) is 0.892. The molecule has 0 fully saturated rings. The van der Waals surface area contributed by atoms with Gasteiger partial charge in [0.2, 0.25) is 0 Å². The lowest BCUT2D eigenvalue weighted by Crippen LogP contribution is -2.22. The molecular formula is C14H21N3O. The molecule has 0 spiro atoms. The van der Waals surface area contributed by atoms with Crippen LogP contribution in [-0.2, 0) is 13.0 Å². The Kier molecular flexibility index (Phi) is 3.87. The number of fused-ring (bicyclic) bond motifs is 1. The molecule has 1 N–H and O–H groups in total. The molecule has 2 rings (SSSR count). The second-order valence-corrected chi connectivity index (χ2v) is 4.65. The van der Waals surface area contributed by atoms with Crippen molar-refractivity contribution < 1.29 is 4.74 Å². The summed E-state index contributed by atoms with van der Waals surface area (Å²) in [5.74, 6) is 1.88. The van der Waals surface area contributed by atoms with Gasteiger partial charge in [-0.2, -0.15) is 0 Å². The molecular weight excluding hydrogens is 226 g/mol. The number of nitrogens with zero attached hydrogens (tertiary/aromatic N) is 2. The van der Waals surface area contributed by atoms with E-state index in [0.717, 1.165) is 35.9 Å².